The highest BCUT2D eigenvalue weighted by Gasteiger charge is 2.54. The number of aromatic nitrogens is 3. The number of benzene rings is 3. The minimum atomic E-state index is -0.980. The van der Waals surface area contributed by atoms with Crippen LogP contribution in [-0.2, 0) is 23.1 Å². The van der Waals surface area contributed by atoms with Gasteiger partial charge in [0, 0.05) is 57.0 Å². The Labute approximate surface area is 302 Å². The average molecular weight is 703 g/mol. The molecule has 1 aliphatic heterocycles. The lowest BCUT2D eigenvalue weighted by molar-refractivity contribution is -0.131. The van der Waals surface area contributed by atoms with E-state index in [1.807, 2.05) is 43.3 Å². The molecule has 3 aliphatic rings. The minimum Gasteiger partial charge on any atom is -0.345 e. The lowest BCUT2D eigenvalue weighted by Gasteiger charge is -2.37. The third kappa shape index (κ3) is 6.23. The summed E-state index contributed by atoms with van der Waals surface area (Å²) in [6.45, 7) is 2.10. The zero-order chi connectivity index (χ0) is 36.9. The van der Waals surface area contributed by atoms with E-state index in [0.29, 0.717) is 53.5 Å². The first kappa shape index (κ1) is 35.0. The van der Waals surface area contributed by atoms with Crippen LogP contribution < -0.4 is 5.32 Å². The highest BCUT2D eigenvalue weighted by atomic mass is 19.1. The predicted molar refractivity (Wildman–Crippen MR) is 193 cm³/mol. The first-order valence-corrected chi connectivity index (χ1v) is 17.7. The smallest absolute Gasteiger partial charge is 0.253 e. The number of carbonyl (C=O) groups excluding carboxylic acids is 3. The summed E-state index contributed by atoms with van der Waals surface area (Å²) in [6.07, 6.45) is 3.31. The Kier molecular flexibility index (Phi) is 9.17. The molecule has 7 rings (SSSR count). The van der Waals surface area contributed by atoms with Crippen molar-refractivity contribution in [1.82, 2.24) is 35.2 Å². The van der Waals surface area contributed by atoms with E-state index in [1.165, 1.54) is 12.1 Å². The maximum atomic E-state index is 13.9. The number of aromatic amines is 1. The van der Waals surface area contributed by atoms with Gasteiger partial charge in [-0.2, -0.15) is 5.26 Å². The molecule has 3 aromatic carbocycles. The van der Waals surface area contributed by atoms with Crippen molar-refractivity contribution in [2.24, 2.45) is 5.92 Å². The monoisotopic (exact) mass is 702 g/mol. The number of hydrogen-bond acceptors (Lipinski definition) is 7. The van der Waals surface area contributed by atoms with Crippen LogP contribution in [0.3, 0.4) is 0 Å². The summed E-state index contributed by atoms with van der Waals surface area (Å²) in [7, 11) is 6.90. The van der Waals surface area contributed by atoms with Crippen LogP contribution in [0.5, 0.6) is 0 Å². The van der Waals surface area contributed by atoms with Crippen molar-refractivity contribution in [3.63, 3.8) is 0 Å². The van der Waals surface area contributed by atoms with Crippen LogP contribution in [0.15, 0.2) is 60.7 Å². The molecule has 1 saturated carbocycles. The molecular weight excluding hydrogens is 659 g/mol. The molecule has 2 fully saturated rings. The molecule has 2 aliphatic carbocycles. The summed E-state index contributed by atoms with van der Waals surface area (Å²) in [5.74, 6) is 0.748. The lowest BCUT2D eigenvalue weighted by Crippen LogP contribution is -2.46. The predicted octanol–water partition coefficient (Wildman–Crippen LogP) is 4.33. The van der Waals surface area contributed by atoms with E-state index in [0.717, 1.165) is 35.1 Å². The molecular formula is C40H43FN8O3. The summed E-state index contributed by atoms with van der Waals surface area (Å²) in [5.41, 5.74) is 4.58. The third-order valence-corrected chi connectivity index (χ3v) is 10.9. The standard InChI is InChI=1S/C40H43FN8O3/c1-23(43-22-35(50)49-31(21-42)18-29-19-34(29)49)20-40(39-44-36(45-46-39)24-8-12-30(41)13-9-24)32-14-10-27(37(51)47(2)3)16-25(32)6-7-26-17-28(11-15-33(26)40)38(52)48(4)5/h8-17,23,29,31,34,43H,6-7,18-20,22H2,1-5H3,(H,44,45,46)/t23-,29+,31-,34-/m0/s1. The molecule has 268 valence electrons. The van der Waals surface area contributed by atoms with E-state index in [2.05, 4.69) is 21.5 Å². The number of fused-ring (bicyclic) bond motifs is 3. The van der Waals surface area contributed by atoms with E-state index in [1.54, 1.807) is 55.0 Å². The fourth-order valence-corrected chi connectivity index (χ4v) is 8.21. The first-order valence-electron chi connectivity index (χ1n) is 17.7. The highest BCUT2D eigenvalue weighted by Crippen LogP contribution is 2.49. The Bertz CT molecular complexity index is 2010. The summed E-state index contributed by atoms with van der Waals surface area (Å²) < 4.78 is 13.9. The number of rotatable bonds is 9. The van der Waals surface area contributed by atoms with Crippen LogP contribution in [0.25, 0.3) is 11.4 Å². The lowest BCUT2D eigenvalue weighted by atomic mass is 9.67. The van der Waals surface area contributed by atoms with Crippen molar-refractivity contribution in [1.29, 1.82) is 5.26 Å². The molecule has 3 amide bonds. The number of piperidine rings is 1. The van der Waals surface area contributed by atoms with Crippen LogP contribution in [-0.4, -0.2) is 100 Å². The molecule has 1 saturated heterocycles. The molecule has 1 aromatic heterocycles. The Hall–Kier alpha value is -5.41. The Morgan fingerprint density at radius 3 is 2.10 bits per heavy atom. The van der Waals surface area contributed by atoms with Crippen LogP contribution in [0, 0.1) is 23.1 Å². The van der Waals surface area contributed by atoms with Gasteiger partial charge in [-0.25, -0.2) is 4.39 Å². The Morgan fingerprint density at radius 2 is 1.54 bits per heavy atom. The second kappa shape index (κ2) is 13.6. The van der Waals surface area contributed by atoms with Crippen molar-refractivity contribution >= 4 is 17.7 Å². The van der Waals surface area contributed by atoms with Gasteiger partial charge in [0.25, 0.3) is 11.8 Å². The maximum Gasteiger partial charge on any atom is 0.253 e. The number of aryl methyl sites for hydroxylation is 2. The normalized spacial score (nSPS) is 20.1. The third-order valence-electron chi connectivity index (χ3n) is 10.9. The van der Waals surface area contributed by atoms with Gasteiger partial charge in [0.15, 0.2) is 5.82 Å². The molecule has 12 heteroatoms. The fraction of sp³-hybridized carbons (Fsp3) is 0.400. The average Bonchev–Trinajstić information content (AvgIpc) is 3.57. The fourth-order valence-electron chi connectivity index (χ4n) is 8.21. The Morgan fingerprint density at radius 1 is 0.942 bits per heavy atom. The van der Waals surface area contributed by atoms with Gasteiger partial charge in [-0.3, -0.25) is 14.4 Å². The van der Waals surface area contributed by atoms with E-state index in [-0.39, 0.29) is 42.2 Å². The number of hydrogen-bond donors (Lipinski definition) is 2. The topological polar surface area (TPSA) is 138 Å². The number of halogens is 1. The number of nitrogens with one attached hydrogen (secondary N) is 2. The van der Waals surface area contributed by atoms with Gasteiger partial charge < -0.3 is 25.0 Å². The van der Waals surface area contributed by atoms with Crippen molar-refractivity contribution in [3.05, 3.63) is 106 Å². The van der Waals surface area contributed by atoms with Crippen molar-refractivity contribution in [3.8, 4) is 17.5 Å². The van der Waals surface area contributed by atoms with Crippen molar-refractivity contribution in [2.45, 2.75) is 62.6 Å². The number of amides is 3. The van der Waals surface area contributed by atoms with Crippen LogP contribution in [0.4, 0.5) is 4.39 Å². The zero-order valence-electron chi connectivity index (χ0n) is 30.1. The van der Waals surface area contributed by atoms with Gasteiger partial charge in [0.1, 0.15) is 17.7 Å². The second-order valence-electron chi connectivity index (χ2n) is 14.8. The Balaban J connectivity index is 1.36. The van der Waals surface area contributed by atoms with Crippen molar-refractivity contribution < 1.29 is 18.8 Å². The zero-order valence-corrected chi connectivity index (χ0v) is 30.1. The van der Waals surface area contributed by atoms with Gasteiger partial charge in [0.05, 0.1) is 18.0 Å². The van der Waals surface area contributed by atoms with Crippen LogP contribution >= 0.6 is 0 Å². The largest absolute Gasteiger partial charge is 0.345 e. The number of H-pyrrole nitrogens is 1. The molecule has 0 unspecified atom stereocenters. The van der Waals surface area contributed by atoms with Gasteiger partial charge >= 0.3 is 0 Å². The van der Waals surface area contributed by atoms with E-state index in [4.69, 9.17) is 5.10 Å². The minimum absolute atomic E-state index is 0.0716. The van der Waals surface area contributed by atoms with E-state index in [9.17, 15) is 24.0 Å². The van der Waals surface area contributed by atoms with Crippen LogP contribution in [0.2, 0.25) is 0 Å². The van der Waals surface area contributed by atoms with Gasteiger partial charge in [0.2, 0.25) is 5.91 Å². The van der Waals surface area contributed by atoms with Gasteiger partial charge in [-0.15, -0.1) is 10.2 Å². The summed E-state index contributed by atoms with van der Waals surface area (Å²) in [4.78, 5) is 48.3. The number of nitriles is 1. The molecule has 11 nitrogen and oxygen atoms in total. The molecule has 0 bridgehead atoms. The van der Waals surface area contributed by atoms with Gasteiger partial charge in [-0.1, -0.05) is 12.1 Å². The van der Waals surface area contributed by atoms with Crippen molar-refractivity contribution in [2.75, 3.05) is 34.7 Å². The molecule has 0 spiro atoms. The summed E-state index contributed by atoms with van der Waals surface area (Å²) >= 11 is 0. The second-order valence-corrected chi connectivity index (χ2v) is 14.8. The molecule has 52 heavy (non-hydrogen) atoms. The molecule has 0 radical (unpaired) electrons. The number of carbonyl (C=O) groups is 3. The first-order chi connectivity index (χ1) is 24.9. The number of likely N-dealkylation sites (tertiary alicyclic amines) is 1. The van der Waals surface area contributed by atoms with Gasteiger partial charge in [-0.05, 0) is 116 Å². The molecule has 4 atom stereocenters. The quantitative estimate of drug-likeness (QED) is 0.265. The SMILES string of the molecule is C[C@@H](CC1(c2nnc(-c3ccc(F)cc3)[nH]2)c2ccc(C(=O)N(C)C)cc2CCc2cc(C(=O)N(C)C)ccc21)NCC(=O)N1[C@H](C#N)C[C@@H]2C[C@@H]21. The summed E-state index contributed by atoms with van der Waals surface area (Å²) in [6, 6.07) is 19.4. The molecule has 2 N–H and O–H groups in total. The summed E-state index contributed by atoms with van der Waals surface area (Å²) in [5, 5.41) is 22.5. The van der Waals surface area contributed by atoms with Crippen LogP contribution in [0.1, 0.15) is 75.0 Å². The maximum absolute atomic E-state index is 13.9. The van der Waals surface area contributed by atoms with E-state index >= 15 is 0 Å². The van der Waals surface area contributed by atoms with E-state index < -0.39 is 11.5 Å². The number of nitrogens with zero attached hydrogens (tertiary/aromatic N) is 6. The molecule has 4 aromatic rings. The molecule has 2 heterocycles. The highest BCUT2D eigenvalue weighted by molar-refractivity contribution is 5.95.